The molecular formula is C20H20N4OS. The molecule has 26 heavy (non-hydrogen) atoms. The molecule has 0 spiro atoms. The second-order valence-electron chi connectivity index (χ2n) is 5.77. The molecule has 3 rings (SSSR count). The number of nitriles is 1. The van der Waals surface area contributed by atoms with Crippen molar-refractivity contribution in [3.63, 3.8) is 0 Å². The Labute approximate surface area is 157 Å². The van der Waals surface area contributed by atoms with E-state index < -0.39 is 0 Å². The molecule has 0 unspecified atom stereocenters. The average Bonchev–Trinajstić information content (AvgIpc) is 2.71. The number of piperazine rings is 1. The van der Waals surface area contributed by atoms with E-state index in [2.05, 4.69) is 10.6 Å². The van der Waals surface area contributed by atoms with Gasteiger partial charge in [-0.15, -0.1) is 0 Å². The second-order valence-corrected chi connectivity index (χ2v) is 6.88. The summed E-state index contributed by atoms with van der Waals surface area (Å²) in [7, 11) is 0. The van der Waals surface area contributed by atoms with Crippen LogP contribution in [0, 0.1) is 11.3 Å². The van der Waals surface area contributed by atoms with Crippen LogP contribution in [0.5, 0.6) is 0 Å². The van der Waals surface area contributed by atoms with Crippen LogP contribution in [0.2, 0.25) is 0 Å². The number of hydrogen-bond acceptors (Lipinski definition) is 5. The molecule has 0 aliphatic carbocycles. The van der Waals surface area contributed by atoms with Crippen molar-refractivity contribution >= 4 is 23.4 Å². The molecule has 2 aromatic rings. The van der Waals surface area contributed by atoms with Crippen molar-refractivity contribution in [2.75, 3.05) is 31.5 Å². The van der Waals surface area contributed by atoms with Gasteiger partial charge in [0.15, 0.2) is 0 Å². The summed E-state index contributed by atoms with van der Waals surface area (Å²) in [5.41, 5.74) is 0.980. The van der Waals surface area contributed by atoms with Crippen LogP contribution >= 0.6 is 11.8 Å². The Morgan fingerprint density at radius 2 is 1.81 bits per heavy atom. The fraction of sp³-hybridized carbons (Fsp3) is 0.200. The number of nitrogens with zero attached hydrogens (tertiary/aromatic N) is 2. The van der Waals surface area contributed by atoms with Gasteiger partial charge in [0.05, 0.1) is 5.69 Å². The third-order valence-corrected chi connectivity index (χ3v) is 5.07. The summed E-state index contributed by atoms with van der Waals surface area (Å²) in [6, 6.07) is 19.9. The minimum atomic E-state index is -0.227. The summed E-state index contributed by atoms with van der Waals surface area (Å²) in [5.74, 6) is -0.227. The first-order valence-electron chi connectivity index (χ1n) is 8.46. The van der Waals surface area contributed by atoms with E-state index in [4.69, 9.17) is 0 Å². The first kappa shape index (κ1) is 18.1. The monoisotopic (exact) mass is 364 g/mol. The molecule has 6 heteroatoms. The molecule has 1 heterocycles. The third kappa shape index (κ3) is 4.66. The topological polar surface area (TPSA) is 68.2 Å². The number of carbonyl (C=O) groups is 1. The van der Waals surface area contributed by atoms with Crippen LogP contribution in [0.3, 0.4) is 0 Å². The standard InChI is InChI=1S/C20H20N4OS/c21-14-16(20(25)24-12-10-22-11-13-24)15-23-18-8-4-5-9-19(18)26-17-6-2-1-3-7-17/h1-9,15,22-23H,10-13H2/b16-15-. The summed E-state index contributed by atoms with van der Waals surface area (Å²) < 4.78 is 0. The number of benzene rings is 2. The lowest BCUT2D eigenvalue weighted by atomic mass is 10.2. The SMILES string of the molecule is N#C/C(=C/Nc1ccccc1Sc1ccccc1)C(=O)N1CCNCC1. The molecule has 0 atom stereocenters. The highest BCUT2D eigenvalue weighted by Gasteiger charge is 2.20. The van der Waals surface area contributed by atoms with E-state index in [1.807, 2.05) is 60.7 Å². The fourth-order valence-electron chi connectivity index (χ4n) is 2.62. The van der Waals surface area contributed by atoms with Crippen LogP contribution in [-0.2, 0) is 4.79 Å². The van der Waals surface area contributed by atoms with Gasteiger partial charge in [-0.3, -0.25) is 4.79 Å². The maximum Gasteiger partial charge on any atom is 0.266 e. The van der Waals surface area contributed by atoms with E-state index >= 15 is 0 Å². The molecule has 0 saturated carbocycles. The largest absolute Gasteiger partial charge is 0.359 e. The van der Waals surface area contributed by atoms with Crippen molar-refractivity contribution in [3.8, 4) is 6.07 Å². The smallest absolute Gasteiger partial charge is 0.266 e. The predicted molar refractivity (Wildman–Crippen MR) is 104 cm³/mol. The van der Waals surface area contributed by atoms with Crippen molar-refractivity contribution in [1.82, 2.24) is 10.2 Å². The van der Waals surface area contributed by atoms with E-state index in [1.165, 1.54) is 6.20 Å². The molecule has 2 N–H and O–H groups in total. The van der Waals surface area contributed by atoms with Gasteiger partial charge in [-0.2, -0.15) is 5.26 Å². The minimum Gasteiger partial charge on any atom is -0.359 e. The summed E-state index contributed by atoms with van der Waals surface area (Å²) >= 11 is 1.63. The van der Waals surface area contributed by atoms with Gasteiger partial charge in [-0.05, 0) is 24.3 Å². The fourth-order valence-corrected chi connectivity index (χ4v) is 3.55. The molecule has 1 aliphatic rings. The van der Waals surface area contributed by atoms with E-state index in [1.54, 1.807) is 16.7 Å². The molecule has 132 valence electrons. The summed E-state index contributed by atoms with van der Waals surface area (Å²) in [6.45, 7) is 2.76. The third-order valence-electron chi connectivity index (χ3n) is 3.99. The number of para-hydroxylation sites is 1. The van der Waals surface area contributed by atoms with Crippen LogP contribution < -0.4 is 10.6 Å². The van der Waals surface area contributed by atoms with Gasteiger partial charge in [-0.1, -0.05) is 42.1 Å². The van der Waals surface area contributed by atoms with E-state index in [9.17, 15) is 10.1 Å². The Bertz CT molecular complexity index is 823. The maximum absolute atomic E-state index is 12.5. The second kappa shape index (κ2) is 9.09. The van der Waals surface area contributed by atoms with Crippen molar-refractivity contribution in [3.05, 3.63) is 66.4 Å². The lowest BCUT2D eigenvalue weighted by molar-refractivity contribution is -0.127. The molecular weight excluding hydrogens is 344 g/mol. The van der Waals surface area contributed by atoms with Crippen molar-refractivity contribution in [2.45, 2.75) is 9.79 Å². The van der Waals surface area contributed by atoms with Crippen LogP contribution in [0.15, 0.2) is 76.2 Å². The van der Waals surface area contributed by atoms with Crippen molar-refractivity contribution in [1.29, 1.82) is 5.26 Å². The Hall–Kier alpha value is -2.75. The average molecular weight is 364 g/mol. The summed E-state index contributed by atoms with van der Waals surface area (Å²) in [6.07, 6.45) is 1.51. The van der Waals surface area contributed by atoms with Gasteiger partial charge in [0.1, 0.15) is 11.6 Å². The molecule has 1 aliphatic heterocycles. The lowest BCUT2D eigenvalue weighted by Crippen LogP contribution is -2.46. The first-order chi connectivity index (χ1) is 12.8. The Balaban J connectivity index is 1.74. The van der Waals surface area contributed by atoms with Gasteiger partial charge in [0, 0.05) is 42.2 Å². The molecule has 0 radical (unpaired) electrons. The van der Waals surface area contributed by atoms with Gasteiger partial charge < -0.3 is 15.5 Å². The zero-order valence-electron chi connectivity index (χ0n) is 14.3. The van der Waals surface area contributed by atoms with Crippen molar-refractivity contribution < 1.29 is 4.79 Å². The van der Waals surface area contributed by atoms with Gasteiger partial charge in [-0.25, -0.2) is 0 Å². The van der Waals surface area contributed by atoms with Crippen LogP contribution in [0.25, 0.3) is 0 Å². The summed E-state index contributed by atoms with van der Waals surface area (Å²) in [5, 5.41) is 15.7. The van der Waals surface area contributed by atoms with Gasteiger partial charge in [0.2, 0.25) is 0 Å². The van der Waals surface area contributed by atoms with Crippen LogP contribution in [0.4, 0.5) is 5.69 Å². The van der Waals surface area contributed by atoms with Gasteiger partial charge >= 0.3 is 0 Å². The molecule has 1 amide bonds. The molecule has 1 fully saturated rings. The zero-order valence-corrected chi connectivity index (χ0v) is 15.1. The number of anilines is 1. The number of rotatable bonds is 5. The van der Waals surface area contributed by atoms with E-state index in [-0.39, 0.29) is 11.5 Å². The highest BCUT2D eigenvalue weighted by atomic mass is 32.2. The Kier molecular flexibility index (Phi) is 6.31. The summed E-state index contributed by atoms with van der Waals surface area (Å²) in [4.78, 5) is 16.4. The highest BCUT2D eigenvalue weighted by Crippen LogP contribution is 2.33. The Morgan fingerprint density at radius 3 is 2.54 bits per heavy atom. The minimum absolute atomic E-state index is 0.117. The van der Waals surface area contributed by atoms with Crippen molar-refractivity contribution in [2.24, 2.45) is 0 Å². The van der Waals surface area contributed by atoms with E-state index in [0.29, 0.717) is 13.1 Å². The Morgan fingerprint density at radius 1 is 1.12 bits per heavy atom. The molecule has 0 bridgehead atoms. The number of hydrogen-bond donors (Lipinski definition) is 2. The van der Waals surface area contributed by atoms with Crippen LogP contribution in [-0.4, -0.2) is 37.0 Å². The maximum atomic E-state index is 12.5. The normalized spacial score (nSPS) is 14.6. The molecule has 0 aromatic heterocycles. The van der Waals surface area contributed by atoms with Gasteiger partial charge in [0.25, 0.3) is 5.91 Å². The molecule has 1 saturated heterocycles. The quantitative estimate of drug-likeness (QED) is 0.630. The number of amides is 1. The van der Waals surface area contributed by atoms with E-state index in [0.717, 1.165) is 28.6 Å². The van der Waals surface area contributed by atoms with Crippen LogP contribution in [0.1, 0.15) is 0 Å². The number of carbonyl (C=O) groups excluding carboxylic acids is 1. The number of nitrogens with one attached hydrogen (secondary N) is 2. The highest BCUT2D eigenvalue weighted by molar-refractivity contribution is 7.99. The predicted octanol–water partition coefficient (Wildman–Crippen LogP) is 3.09. The molecule has 2 aromatic carbocycles. The zero-order chi connectivity index (χ0) is 18.2. The first-order valence-corrected chi connectivity index (χ1v) is 9.28. The lowest BCUT2D eigenvalue weighted by Gasteiger charge is -2.27. The molecule has 5 nitrogen and oxygen atoms in total.